The third kappa shape index (κ3) is 1.37. The summed E-state index contributed by atoms with van der Waals surface area (Å²) in [6.07, 6.45) is 1.31. The zero-order valence-electron chi connectivity index (χ0n) is 6.55. The van der Waals surface area contributed by atoms with Crippen LogP contribution in [0.4, 0.5) is 0 Å². The SMILES string of the molecule is [N-]=[N+]=Cc1ccccc1C1(Cl)N=N1. The van der Waals surface area contributed by atoms with Crippen LogP contribution < -0.4 is 0 Å². The first-order chi connectivity index (χ1) is 6.26. The Morgan fingerprint density at radius 3 is 2.69 bits per heavy atom. The van der Waals surface area contributed by atoms with Crippen LogP contribution in [0.25, 0.3) is 5.53 Å². The second-order valence-electron chi connectivity index (χ2n) is 2.62. The fourth-order valence-electron chi connectivity index (χ4n) is 1.11. The molecule has 0 unspecified atom stereocenters. The highest BCUT2D eigenvalue weighted by molar-refractivity contribution is 6.25. The lowest BCUT2D eigenvalue weighted by Gasteiger charge is -2.02. The van der Waals surface area contributed by atoms with Crippen molar-refractivity contribution in [2.24, 2.45) is 10.2 Å². The van der Waals surface area contributed by atoms with Crippen molar-refractivity contribution in [3.05, 3.63) is 40.9 Å². The van der Waals surface area contributed by atoms with E-state index in [0.29, 0.717) is 5.56 Å². The lowest BCUT2D eigenvalue weighted by Crippen LogP contribution is -2.03. The Labute approximate surface area is 79.5 Å². The summed E-state index contributed by atoms with van der Waals surface area (Å²) >= 11 is 5.93. The maximum atomic E-state index is 8.40. The number of nitrogens with zero attached hydrogens (tertiary/aromatic N) is 4. The summed E-state index contributed by atoms with van der Waals surface area (Å²) in [5, 5.41) is 6.44. The van der Waals surface area contributed by atoms with Gasteiger partial charge >= 0.3 is 0 Å². The summed E-state index contributed by atoms with van der Waals surface area (Å²) in [4.78, 5) is 2.94. The fourth-order valence-corrected chi connectivity index (χ4v) is 1.32. The van der Waals surface area contributed by atoms with Gasteiger partial charge in [-0.15, -0.1) is 10.2 Å². The Bertz CT molecular complexity index is 414. The normalized spacial score (nSPS) is 16.4. The van der Waals surface area contributed by atoms with Crippen LogP contribution in [0.15, 0.2) is 34.5 Å². The van der Waals surface area contributed by atoms with Crippen molar-refractivity contribution in [3.63, 3.8) is 0 Å². The van der Waals surface area contributed by atoms with Gasteiger partial charge in [0, 0.05) is 5.56 Å². The van der Waals surface area contributed by atoms with E-state index in [9.17, 15) is 0 Å². The van der Waals surface area contributed by atoms with Gasteiger partial charge in [0.2, 0.25) is 0 Å². The van der Waals surface area contributed by atoms with Gasteiger partial charge in [0.05, 0.1) is 5.56 Å². The second kappa shape index (κ2) is 2.76. The van der Waals surface area contributed by atoms with E-state index < -0.39 is 5.12 Å². The molecule has 1 aliphatic heterocycles. The molecule has 0 bridgehead atoms. The van der Waals surface area contributed by atoms with Gasteiger partial charge in [-0.05, 0) is 6.07 Å². The highest BCUT2D eigenvalue weighted by Crippen LogP contribution is 2.44. The van der Waals surface area contributed by atoms with E-state index in [1.54, 1.807) is 12.1 Å². The highest BCUT2D eigenvalue weighted by Gasteiger charge is 2.41. The third-order valence-electron chi connectivity index (χ3n) is 1.78. The maximum absolute atomic E-state index is 8.40. The van der Waals surface area contributed by atoms with Gasteiger partial charge in [-0.25, -0.2) is 0 Å². The zero-order valence-corrected chi connectivity index (χ0v) is 7.31. The van der Waals surface area contributed by atoms with Crippen LogP contribution in [0.3, 0.4) is 0 Å². The molecular formula is C8H5ClN4. The van der Waals surface area contributed by atoms with Crippen molar-refractivity contribution in [1.82, 2.24) is 0 Å². The molecule has 1 aliphatic rings. The molecule has 0 N–H and O–H groups in total. The molecule has 64 valence electrons. The Morgan fingerprint density at radius 1 is 1.38 bits per heavy atom. The number of alkyl halides is 1. The first-order valence-electron chi connectivity index (χ1n) is 3.66. The van der Waals surface area contributed by atoms with Gasteiger partial charge in [-0.3, -0.25) is 0 Å². The molecule has 4 nitrogen and oxygen atoms in total. The summed E-state index contributed by atoms with van der Waals surface area (Å²) in [7, 11) is 0. The minimum absolute atomic E-state index is 0.713. The summed E-state index contributed by atoms with van der Waals surface area (Å²) in [5.74, 6) is 0. The molecule has 0 aromatic heterocycles. The maximum Gasteiger partial charge on any atom is 0.289 e. The topological polar surface area (TPSA) is 61.1 Å². The third-order valence-corrected chi connectivity index (χ3v) is 2.13. The Hall–Kier alpha value is -1.51. The molecule has 1 heterocycles. The molecule has 5 heteroatoms. The van der Waals surface area contributed by atoms with E-state index in [-0.39, 0.29) is 0 Å². The Balaban J connectivity index is 2.49. The van der Waals surface area contributed by atoms with Crippen molar-refractivity contribution >= 4 is 17.8 Å². The smallest absolute Gasteiger partial charge is 0.289 e. The highest BCUT2D eigenvalue weighted by atomic mass is 35.5. The van der Waals surface area contributed by atoms with E-state index in [0.717, 1.165) is 5.56 Å². The number of benzene rings is 1. The lowest BCUT2D eigenvalue weighted by atomic mass is 10.1. The Kier molecular flexibility index (Phi) is 1.72. The van der Waals surface area contributed by atoms with Crippen LogP contribution in [-0.4, -0.2) is 11.0 Å². The van der Waals surface area contributed by atoms with E-state index in [4.69, 9.17) is 17.1 Å². The van der Waals surface area contributed by atoms with Crippen LogP contribution in [0.1, 0.15) is 11.1 Å². The minimum atomic E-state index is -0.947. The molecule has 1 aromatic carbocycles. The van der Waals surface area contributed by atoms with Gasteiger partial charge in [-0.1, -0.05) is 29.8 Å². The van der Waals surface area contributed by atoms with Crippen LogP contribution in [0, 0.1) is 0 Å². The van der Waals surface area contributed by atoms with Crippen LogP contribution in [0.2, 0.25) is 0 Å². The largest absolute Gasteiger partial charge is 0.361 e. The average molecular weight is 193 g/mol. The monoisotopic (exact) mass is 192 g/mol. The number of rotatable bonds is 2. The van der Waals surface area contributed by atoms with E-state index in [1.165, 1.54) is 6.21 Å². The van der Waals surface area contributed by atoms with Gasteiger partial charge in [0.15, 0.2) is 0 Å². The van der Waals surface area contributed by atoms with Crippen molar-refractivity contribution in [2.75, 3.05) is 0 Å². The summed E-state index contributed by atoms with van der Waals surface area (Å²) in [6.45, 7) is 0. The van der Waals surface area contributed by atoms with Crippen LogP contribution in [-0.2, 0) is 5.12 Å². The summed E-state index contributed by atoms with van der Waals surface area (Å²) < 4.78 is 0. The number of hydrogen-bond acceptors (Lipinski definition) is 2. The molecular weight excluding hydrogens is 188 g/mol. The van der Waals surface area contributed by atoms with Crippen LogP contribution in [0.5, 0.6) is 0 Å². The molecule has 1 aromatic rings. The first kappa shape index (κ1) is 8.10. The first-order valence-corrected chi connectivity index (χ1v) is 4.04. The molecule has 0 spiro atoms. The average Bonchev–Trinajstić information content (AvgIpc) is 2.86. The predicted octanol–water partition coefficient (Wildman–Crippen LogP) is 2.15. The van der Waals surface area contributed by atoms with Gasteiger partial charge < -0.3 is 5.53 Å². The molecule has 0 aliphatic carbocycles. The molecule has 0 radical (unpaired) electrons. The Morgan fingerprint density at radius 2 is 2.08 bits per heavy atom. The molecule has 13 heavy (non-hydrogen) atoms. The van der Waals surface area contributed by atoms with Crippen molar-refractivity contribution < 1.29 is 4.79 Å². The second-order valence-corrected chi connectivity index (χ2v) is 3.15. The van der Waals surface area contributed by atoms with Crippen molar-refractivity contribution in [3.8, 4) is 0 Å². The molecule has 0 saturated heterocycles. The summed E-state index contributed by atoms with van der Waals surface area (Å²) in [6, 6.07) is 7.23. The van der Waals surface area contributed by atoms with Gasteiger partial charge in [0.25, 0.3) is 11.3 Å². The molecule has 0 atom stereocenters. The fraction of sp³-hybridized carbons (Fsp3) is 0.125. The predicted molar refractivity (Wildman–Crippen MR) is 47.6 cm³/mol. The number of halogens is 1. The number of hydrogen-bond donors (Lipinski definition) is 0. The zero-order chi connectivity index (χ0) is 9.31. The quantitative estimate of drug-likeness (QED) is 0.227. The van der Waals surface area contributed by atoms with E-state index in [1.807, 2.05) is 12.1 Å². The molecule has 0 amide bonds. The van der Waals surface area contributed by atoms with E-state index in [2.05, 4.69) is 15.0 Å². The lowest BCUT2D eigenvalue weighted by molar-refractivity contribution is 0.00449. The molecule has 0 fully saturated rings. The van der Waals surface area contributed by atoms with E-state index >= 15 is 0 Å². The van der Waals surface area contributed by atoms with Crippen molar-refractivity contribution in [1.29, 1.82) is 0 Å². The molecule has 0 saturated carbocycles. The molecule has 2 rings (SSSR count). The minimum Gasteiger partial charge on any atom is -0.361 e. The van der Waals surface area contributed by atoms with Gasteiger partial charge in [0.1, 0.15) is 0 Å². The van der Waals surface area contributed by atoms with Crippen molar-refractivity contribution in [2.45, 2.75) is 5.12 Å². The van der Waals surface area contributed by atoms with Crippen LogP contribution >= 0.6 is 11.6 Å². The standard InChI is InChI=1S/C8H5ClN4/c9-8(12-13-8)7-4-2-1-3-6(7)5-11-10/h1-5H. The summed E-state index contributed by atoms with van der Waals surface area (Å²) in [5.41, 5.74) is 9.84. The van der Waals surface area contributed by atoms with Gasteiger partial charge in [-0.2, -0.15) is 4.79 Å².